The Labute approximate surface area is 136 Å². The molecule has 1 aromatic rings. The fourth-order valence-corrected chi connectivity index (χ4v) is 4.37. The second kappa shape index (κ2) is 6.86. The predicted octanol–water partition coefficient (Wildman–Crippen LogP) is 0.400. The van der Waals surface area contributed by atoms with E-state index in [2.05, 4.69) is 6.92 Å². The van der Waals surface area contributed by atoms with Crippen molar-refractivity contribution in [2.24, 2.45) is 23.3 Å². The van der Waals surface area contributed by atoms with Gasteiger partial charge in [-0.1, -0.05) is 6.92 Å². The molecule has 2 unspecified atom stereocenters. The zero-order valence-electron chi connectivity index (χ0n) is 13.4. The van der Waals surface area contributed by atoms with E-state index in [0.29, 0.717) is 25.6 Å². The molecule has 23 heavy (non-hydrogen) atoms. The summed E-state index contributed by atoms with van der Waals surface area (Å²) in [4.78, 5) is 11.5. The van der Waals surface area contributed by atoms with E-state index in [1.54, 1.807) is 0 Å². The second-order valence-corrected chi connectivity index (χ2v) is 7.79. The molecule has 1 amide bonds. The Bertz CT molecular complexity index is 690. The number of amides is 1. The van der Waals surface area contributed by atoms with Crippen LogP contribution in [0.15, 0.2) is 23.1 Å². The average Bonchev–Trinajstić information content (AvgIpc) is 2.54. The van der Waals surface area contributed by atoms with Gasteiger partial charge in [0.15, 0.2) is 0 Å². The van der Waals surface area contributed by atoms with Crippen molar-refractivity contribution in [3.63, 3.8) is 0 Å². The molecule has 1 aliphatic rings. The largest absolute Gasteiger partial charge is 0.496 e. The van der Waals surface area contributed by atoms with Crippen molar-refractivity contribution in [3.8, 4) is 5.75 Å². The quantitative estimate of drug-likeness (QED) is 0.804. The maximum atomic E-state index is 12.8. The third-order valence-electron chi connectivity index (χ3n) is 4.45. The van der Waals surface area contributed by atoms with Crippen LogP contribution in [-0.2, 0) is 10.0 Å². The molecule has 7 nitrogen and oxygen atoms in total. The van der Waals surface area contributed by atoms with E-state index >= 15 is 0 Å². The minimum atomic E-state index is -3.70. The summed E-state index contributed by atoms with van der Waals surface area (Å²) in [6.45, 7) is 3.36. The Balaban J connectivity index is 2.36. The molecule has 0 bridgehead atoms. The highest BCUT2D eigenvalue weighted by Gasteiger charge is 2.33. The number of hydrogen-bond donors (Lipinski definition) is 2. The molecule has 1 fully saturated rings. The van der Waals surface area contributed by atoms with Crippen LogP contribution in [0.2, 0.25) is 0 Å². The van der Waals surface area contributed by atoms with Gasteiger partial charge in [-0.2, -0.15) is 4.31 Å². The number of rotatable bonds is 5. The van der Waals surface area contributed by atoms with Crippen molar-refractivity contribution in [1.82, 2.24) is 4.31 Å². The summed E-state index contributed by atoms with van der Waals surface area (Å²) in [5.74, 6) is 0.0467. The summed E-state index contributed by atoms with van der Waals surface area (Å²) in [6.07, 6.45) is 0.764. The van der Waals surface area contributed by atoms with Crippen LogP contribution in [0.5, 0.6) is 5.75 Å². The van der Waals surface area contributed by atoms with Crippen LogP contribution in [0.1, 0.15) is 23.7 Å². The number of ether oxygens (including phenoxy) is 1. The van der Waals surface area contributed by atoms with Crippen LogP contribution in [0.3, 0.4) is 0 Å². The molecular weight excluding hydrogens is 318 g/mol. The zero-order valence-corrected chi connectivity index (χ0v) is 14.2. The van der Waals surface area contributed by atoms with E-state index in [1.807, 2.05) is 0 Å². The van der Waals surface area contributed by atoms with E-state index in [1.165, 1.54) is 29.6 Å². The first-order valence-corrected chi connectivity index (χ1v) is 8.93. The van der Waals surface area contributed by atoms with E-state index in [9.17, 15) is 13.2 Å². The fourth-order valence-electron chi connectivity index (χ4n) is 2.83. The SMILES string of the molecule is COc1ccc(S(=O)(=O)N2CCC(C)C(CN)C2)cc1C(N)=O. The molecule has 2 rings (SSSR count). The summed E-state index contributed by atoms with van der Waals surface area (Å²) in [7, 11) is -2.30. The minimum absolute atomic E-state index is 0.0393. The van der Waals surface area contributed by atoms with E-state index in [0.717, 1.165) is 6.42 Å². The van der Waals surface area contributed by atoms with Crippen LogP contribution < -0.4 is 16.2 Å². The molecule has 0 aromatic heterocycles. The number of carbonyl (C=O) groups excluding carboxylic acids is 1. The number of primary amides is 1. The molecule has 2 atom stereocenters. The average molecular weight is 341 g/mol. The molecule has 8 heteroatoms. The van der Waals surface area contributed by atoms with Gasteiger partial charge in [0.05, 0.1) is 17.6 Å². The predicted molar refractivity (Wildman–Crippen MR) is 86.6 cm³/mol. The number of hydrogen-bond acceptors (Lipinski definition) is 5. The molecule has 4 N–H and O–H groups in total. The summed E-state index contributed by atoms with van der Waals surface area (Å²) in [6, 6.07) is 4.14. The Kier molecular flexibility index (Phi) is 5.28. The number of carbonyl (C=O) groups is 1. The summed E-state index contributed by atoms with van der Waals surface area (Å²) >= 11 is 0. The van der Waals surface area contributed by atoms with Crippen LogP contribution >= 0.6 is 0 Å². The van der Waals surface area contributed by atoms with E-state index in [-0.39, 0.29) is 22.1 Å². The first-order valence-electron chi connectivity index (χ1n) is 7.49. The van der Waals surface area contributed by atoms with Gasteiger partial charge in [-0.05, 0) is 43.0 Å². The summed E-state index contributed by atoms with van der Waals surface area (Å²) in [5, 5.41) is 0. The van der Waals surface area contributed by atoms with Gasteiger partial charge in [0, 0.05) is 13.1 Å². The Morgan fingerprint density at radius 2 is 2.13 bits per heavy atom. The third-order valence-corrected chi connectivity index (χ3v) is 6.31. The van der Waals surface area contributed by atoms with Gasteiger partial charge in [-0.3, -0.25) is 4.79 Å². The standard InChI is InChI=1S/C15H23N3O4S/c1-10-5-6-18(9-11(10)8-16)23(20,21)12-3-4-14(22-2)13(7-12)15(17)19/h3-4,7,10-11H,5-6,8-9,16H2,1-2H3,(H2,17,19). The maximum Gasteiger partial charge on any atom is 0.252 e. The van der Waals surface area contributed by atoms with Gasteiger partial charge in [0.25, 0.3) is 5.91 Å². The third kappa shape index (κ3) is 3.49. The fraction of sp³-hybridized carbons (Fsp3) is 0.533. The van der Waals surface area contributed by atoms with Crippen molar-refractivity contribution >= 4 is 15.9 Å². The lowest BCUT2D eigenvalue weighted by molar-refractivity contribution is 0.0997. The monoisotopic (exact) mass is 341 g/mol. The van der Waals surface area contributed by atoms with Crippen molar-refractivity contribution in [2.45, 2.75) is 18.2 Å². The number of piperidine rings is 1. The highest BCUT2D eigenvalue weighted by atomic mass is 32.2. The molecule has 0 aliphatic carbocycles. The molecular formula is C15H23N3O4S. The number of nitrogens with zero attached hydrogens (tertiary/aromatic N) is 1. The van der Waals surface area contributed by atoms with Crippen molar-refractivity contribution in [2.75, 3.05) is 26.7 Å². The number of sulfonamides is 1. The van der Waals surface area contributed by atoms with Crippen molar-refractivity contribution in [1.29, 1.82) is 0 Å². The summed E-state index contributed by atoms with van der Waals surface area (Å²) < 4.78 is 32.1. The van der Waals surface area contributed by atoms with Gasteiger partial charge in [-0.25, -0.2) is 8.42 Å². The lowest BCUT2D eigenvalue weighted by atomic mass is 9.88. The maximum absolute atomic E-state index is 12.8. The van der Waals surface area contributed by atoms with Crippen molar-refractivity contribution < 1.29 is 17.9 Å². The molecule has 128 valence electrons. The Morgan fingerprint density at radius 3 is 2.70 bits per heavy atom. The highest BCUT2D eigenvalue weighted by Crippen LogP contribution is 2.29. The molecule has 0 saturated carbocycles. The number of methoxy groups -OCH3 is 1. The Morgan fingerprint density at radius 1 is 1.43 bits per heavy atom. The van der Waals surface area contributed by atoms with Crippen LogP contribution in [0.25, 0.3) is 0 Å². The topological polar surface area (TPSA) is 116 Å². The van der Waals surface area contributed by atoms with Crippen LogP contribution in [0, 0.1) is 11.8 Å². The van der Waals surface area contributed by atoms with Gasteiger partial charge < -0.3 is 16.2 Å². The Hall–Kier alpha value is -1.64. The first kappa shape index (κ1) is 17.7. The lowest BCUT2D eigenvalue weighted by Crippen LogP contribution is -2.45. The smallest absolute Gasteiger partial charge is 0.252 e. The van der Waals surface area contributed by atoms with Crippen molar-refractivity contribution in [3.05, 3.63) is 23.8 Å². The van der Waals surface area contributed by atoms with Gasteiger partial charge in [0.2, 0.25) is 10.0 Å². The van der Waals surface area contributed by atoms with Crippen LogP contribution in [-0.4, -0.2) is 45.4 Å². The molecule has 1 aromatic carbocycles. The van der Waals surface area contributed by atoms with Crippen LogP contribution in [0.4, 0.5) is 0 Å². The molecule has 1 saturated heterocycles. The normalized spacial score (nSPS) is 22.7. The molecule has 0 radical (unpaired) electrons. The van der Waals surface area contributed by atoms with E-state index in [4.69, 9.17) is 16.2 Å². The second-order valence-electron chi connectivity index (χ2n) is 5.85. The highest BCUT2D eigenvalue weighted by molar-refractivity contribution is 7.89. The lowest BCUT2D eigenvalue weighted by Gasteiger charge is -2.35. The molecule has 1 aliphatic heterocycles. The number of benzene rings is 1. The summed E-state index contributed by atoms with van der Waals surface area (Å²) in [5.41, 5.74) is 11.1. The number of nitrogens with two attached hydrogens (primary N) is 2. The van der Waals surface area contributed by atoms with Gasteiger partial charge in [0.1, 0.15) is 5.75 Å². The zero-order chi connectivity index (χ0) is 17.2. The van der Waals surface area contributed by atoms with Gasteiger partial charge in [-0.15, -0.1) is 0 Å². The minimum Gasteiger partial charge on any atom is -0.496 e. The molecule has 1 heterocycles. The van der Waals surface area contributed by atoms with Gasteiger partial charge >= 0.3 is 0 Å². The van der Waals surface area contributed by atoms with E-state index < -0.39 is 15.9 Å². The molecule has 0 spiro atoms. The first-order chi connectivity index (χ1) is 10.8.